The zero-order chi connectivity index (χ0) is 14.7. The van der Waals surface area contributed by atoms with E-state index in [1.54, 1.807) is 16.8 Å². The van der Waals surface area contributed by atoms with Crippen molar-refractivity contribution >= 4 is 23.4 Å². The Labute approximate surface area is 118 Å². The van der Waals surface area contributed by atoms with E-state index >= 15 is 0 Å². The number of nitrogens with two attached hydrogens (primary N) is 1. The van der Waals surface area contributed by atoms with Crippen LogP contribution >= 0.6 is 0 Å². The van der Waals surface area contributed by atoms with Gasteiger partial charge in [-0.05, 0) is 37.6 Å². The number of carbonyl (C=O) groups is 1. The normalized spacial score (nSPS) is 10.9. The fourth-order valence-corrected chi connectivity index (χ4v) is 1.95. The minimum atomic E-state index is -0.188. The van der Waals surface area contributed by atoms with E-state index in [9.17, 15) is 4.79 Å². The lowest BCUT2D eigenvalue weighted by Crippen LogP contribution is -2.09. The fraction of sp³-hybridized carbons (Fsp3) is 0.200. The molecule has 0 aliphatic rings. The second-order valence-corrected chi connectivity index (χ2v) is 4.66. The highest BCUT2D eigenvalue weighted by molar-refractivity contribution is 6.02. The van der Waals surface area contributed by atoms with Crippen molar-refractivity contribution in [3.05, 3.63) is 47.3 Å². The molecule has 2 rings (SSSR count). The highest BCUT2D eigenvalue weighted by Crippen LogP contribution is 2.18. The molecule has 1 aromatic carbocycles. The minimum absolute atomic E-state index is 0.188. The first-order chi connectivity index (χ1) is 9.47. The Hall–Kier alpha value is -2.56. The van der Waals surface area contributed by atoms with Crippen molar-refractivity contribution in [1.29, 1.82) is 0 Å². The standard InChI is InChI=1S/C15H18N4O/c1-10-15(11(2)19(3)18-10)17-14(20)8-7-12-5-4-6-13(16)9-12/h4-9H,16H2,1-3H3,(H,17,20)/b8-7+. The third-order valence-electron chi connectivity index (χ3n) is 3.10. The number of nitrogens with one attached hydrogen (secondary N) is 1. The SMILES string of the molecule is Cc1nn(C)c(C)c1NC(=O)/C=C/c1cccc(N)c1. The first kappa shape index (κ1) is 13.9. The molecule has 0 saturated heterocycles. The summed E-state index contributed by atoms with van der Waals surface area (Å²) in [4.78, 5) is 11.9. The Morgan fingerprint density at radius 1 is 1.40 bits per heavy atom. The highest BCUT2D eigenvalue weighted by atomic mass is 16.1. The van der Waals surface area contributed by atoms with Gasteiger partial charge in [-0.25, -0.2) is 0 Å². The average molecular weight is 270 g/mol. The van der Waals surface area contributed by atoms with Crippen molar-refractivity contribution in [3.8, 4) is 0 Å². The zero-order valence-electron chi connectivity index (χ0n) is 11.8. The number of hydrogen-bond acceptors (Lipinski definition) is 3. The third-order valence-corrected chi connectivity index (χ3v) is 3.10. The van der Waals surface area contributed by atoms with Gasteiger partial charge in [-0.3, -0.25) is 9.48 Å². The van der Waals surface area contributed by atoms with Gasteiger partial charge in [0.25, 0.3) is 0 Å². The van der Waals surface area contributed by atoms with Crippen LogP contribution in [0, 0.1) is 13.8 Å². The second-order valence-electron chi connectivity index (χ2n) is 4.66. The van der Waals surface area contributed by atoms with Gasteiger partial charge < -0.3 is 11.1 Å². The predicted molar refractivity (Wildman–Crippen MR) is 81.2 cm³/mol. The number of aromatic nitrogens is 2. The Kier molecular flexibility index (Phi) is 3.89. The minimum Gasteiger partial charge on any atom is -0.399 e. The molecular weight excluding hydrogens is 252 g/mol. The first-order valence-electron chi connectivity index (χ1n) is 6.32. The molecular formula is C15H18N4O. The van der Waals surface area contributed by atoms with Gasteiger partial charge >= 0.3 is 0 Å². The molecule has 0 saturated carbocycles. The van der Waals surface area contributed by atoms with Crippen LogP contribution in [0.5, 0.6) is 0 Å². The summed E-state index contributed by atoms with van der Waals surface area (Å²) in [5, 5.41) is 7.10. The Balaban J connectivity index is 2.09. The van der Waals surface area contributed by atoms with E-state index in [0.717, 1.165) is 22.6 Å². The van der Waals surface area contributed by atoms with Gasteiger partial charge in [0.05, 0.1) is 17.1 Å². The van der Waals surface area contributed by atoms with Gasteiger partial charge in [0, 0.05) is 18.8 Å². The van der Waals surface area contributed by atoms with Gasteiger partial charge in [-0.15, -0.1) is 0 Å². The molecule has 104 valence electrons. The molecule has 0 bridgehead atoms. The van der Waals surface area contributed by atoms with E-state index in [4.69, 9.17) is 5.73 Å². The quantitative estimate of drug-likeness (QED) is 0.663. The van der Waals surface area contributed by atoms with Gasteiger partial charge in [-0.1, -0.05) is 12.1 Å². The van der Waals surface area contributed by atoms with E-state index in [1.165, 1.54) is 6.08 Å². The second kappa shape index (κ2) is 5.61. The number of benzene rings is 1. The molecule has 2 aromatic rings. The molecule has 0 aliphatic carbocycles. The Morgan fingerprint density at radius 2 is 2.15 bits per heavy atom. The van der Waals surface area contributed by atoms with Crippen LogP contribution in [0.15, 0.2) is 30.3 Å². The number of hydrogen-bond donors (Lipinski definition) is 2. The monoisotopic (exact) mass is 270 g/mol. The lowest BCUT2D eigenvalue weighted by Gasteiger charge is -2.02. The number of nitrogens with zero attached hydrogens (tertiary/aromatic N) is 2. The van der Waals surface area contributed by atoms with Gasteiger partial charge in [-0.2, -0.15) is 5.10 Å². The van der Waals surface area contributed by atoms with Gasteiger partial charge in [0.1, 0.15) is 0 Å². The fourth-order valence-electron chi connectivity index (χ4n) is 1.95. The van der Waals surface area contributed by atoms with E-state index in [1.807, 2.05) is 39.1 Å². The molecule has 5 heteroatoms. The van der Waals surface area contributed by atoms with Crippen LogP contribution in [-0.4, -0.2) is 15.7 Å². The van der Waals surface area contributed by atoms with Crippen LogP contribution in [0.4, 0.5) is 11.4 Å². The lowest BCUT2D eigenvalue weighted by atomic mass is 10.2. The van der Waals surface area contributed by atoms with Crippen molar-refractivity contribution in [2.24, 2.45) is 7.05 Å². The maximum atomic E-state index is 11.9. The predicted octanol–water partition coefficient (Wildman–Crippen LogP) is 2.27. The van der Waals surface area contributed by atoms with Crippen molar-refractivity contribution < 1.29 is 4.79 Å². The van der Waals surface area contributed by atoms with Crippen molar-refractivity contribution in [2.75, 3.05) is 11.1 Å². The summed E-state index contributed by atoms with van der Waals surface area (Å²) in [6, 6.07) is 7.35. The molecule has 1 aromatic heterocycles. The number of anilines is 2. The largest absolute Gasteiger partial charge is 0.399 e. The highest BCUT2D eigenvalue weighted by Gasteiger charge is 2.10. The van der Waals surface area contributed by atoms with Crippen molar-refractivity contribution in [3.63, 3.8) is 0 Å². The van der Waals surface area contributed by atoms with Crippen molar-refractivity contribution in [1.82, 2.24) is 9.78 Å². The molecule has 1 amide bonds. The Morgan fingerprint density at radius 3 is 2.75 bits per heavy atom. The third kappa shape index (κ3) is 3.06. The molecule has 0 fully saturated rings. The number of carbonyl (C=O) groups excluding carboxylic acids is 1. The molecule has 20 heavy (non-hydrogen) atoms. The first-order valence-corrected chi connectivity index (χ1v) is 6.32. The molecule has 3 N–H and O–H groups in total. The van der Waals surface area contributed by atoms with E-state index in [-0.39, 0.29) is 5.91 Å². The molecule has 0 radical (unpaired) electrons. The molecule has 0 atom stereocenters. The summed E-state index contributed by atoms with van der Waals surface area (Å²) in [7, 11) is 1.85. The summed E-state index contributed by atoms with van der Waals surface area (Å²) in [5.74, 6) is -0.188. The van der Waals surface area contributed by atoms with Crippen LogP contribution in [0.1, 0.15) is 17.0 Å². The van der Waals surface area contributed by atoms with E-state index in [2.05, 4.69) is 10.4 Å². The van der Waals surface area contributed by atoms with Gasteiger partial charge in [0.15, 0.2) is 0 Å². The Bertz CT molecular complexity index is 671. The summed E-state index contributed by atoms with van der Waals surface area (Å²) >= 11 is 0. The molecule has 5 nitrogen and oxygen atoms in total. The van der Waals surface area contributed by atoms with Crippen LogP contribution in [-0.2, 0) is 11.8 Å². The average Bonchev–Trinajstić information content (AvgIpc) is 2.63. The van der Waals surface area contributed by atoms with Crippen molar-refractivity contribution in [2.45, 2.75) is 13.8 Å². The van der Waals surface area contributed by atoms with Crippen LogP contribution in [0.25, 0.3) is 6.08 Å². The number of nitrogen functional groups attached to an aromatic ring is 1. The number of amides is 1. The topological polar surface area (TPSA) is 72.9 Å². The van der Waals surface area contributed by atoms with Crippen LogP contribution in [0.3, 0.4) is 0 Å². The van der Waals surface area contributed by atoms with Crippen LogP contribution < -0.4 is 11.1 Å². The maximum Gasteiger partial charge on any atom is 0.248 e. The maximum absolute atomic E-state index is 11.9. The molecule has 1 heterocycles. The number of aryl methyl sites for hydroxylation is 2. The summed E-state index contributed by atoms with van der Waals surface area (Å²) in [6.45, 7) is 3.78. The lowest BCUT2D eigenvalue weighted by molar-refractivity contribution is -0.111. The molecule has 0 spiro atoms. The number of rotatable bonds is 3. The summed E-state index contributed by atoms with van der Waals surface area (Å²) in [6.07, 6.45) is 3.22. The van der Waals surface area contributed by atoms with E-state index < -0.39 is 0 Å². The zero-order valence-corrected chi connectivity index (χ0v) is 11.8. The molecule has 0 unspecified atom stereocenters. The summed E-state index contributed by atoms with van der Waals surface area (Å²) in [5.41, 5.74) is 9.73. The van der Waals surface area contributed by atoms with Gasteiger partial charge in [0.2, 0.25) is 5.91 Å². The van der Waals surface area contributed by atoms with E-state index in [0.29, 0.717) is 5.69 Å². The summed E-state index contributed by atoms with van der Waals surface area (Å²) < 4.78 is 1.74. The molecule has 0 aliphatic heterocycles. The smallest absolute Gasteiger partial charge is 0.248 e. The van der Waals surface area contributed by atoms with Crippen LogP contribution in [0.2, 0.25) is 0 Å².